The van der Waals surface area contributed by atoms with Gasteiger partial charge in [-0.1, -0.05) is 39.5 Å². The van der Waals surface area contributed by atoms with Gasteiger partial charge in [-0.2, -0.15) is 0 Å². The standard InChI is InChI=1S/C19H37N/c1-14(2)16-10-11-17(13-20-19(3,4)5)18(12-16)15-8-6-7-9-15/h14-18,20H,6-13H2,1-5H3. The normalized spacial score (nSPS) is 33.0. The van der Waals surface area contributed by atoms with Crippen molar-refractivity contribution in [3.05, 3.63) is 0 Å². The average Bonchev–Trinajstić information content (AvgIpc) is 2.88. The molecule has 3 atom stereocenters. The van der Waals surface area contributed by atoms with Crippen molar-refractivity contribution in [3.63, 3.8) is 0 Å². The summed E-state index contributed by atoms with van der Waals surface area (Å²) in [4.78, 5) is 0. The van der Waals surface area contributed by atoms with Gasteiger partial charge in [0.2, 0.25) is 0 Å². The summed E-state index contributed by atoms with van der Waals surface area (Å²) in [5, 5.41) is 3.79. The van der Waals surface area contributed by atoms with Crippen LogP contribution in [0.3, 0.4) is 0 Å². The highest BCUT2D eigenvalue weighted by Crippen LogP contribution is 2.45. The fourth-order valence-corrected chi connectivity index (χ4v) is 4.56. The third-order valence-electron chi connectivity index (χ3n) is 5.93. The highest BCUT2D eigenvalue weighted by Gasteiger charge is 2.37. The molecule has 0 aromatic carbocycles. The zero-order valence-electron chi connectivity index (χ0n) is 14.5. The Morgan fingerprint density at radius 2 is 1.65 bits per heavy atom. The van der Waals surface area contributed by atoms with Crippen LogP contribution in [-0.2, 0) is 0 Å². The Hall–Kier alpha value is -0.0400. The van der Waals surface area contributed by atoms with Gasteiger partial charge in [-0.05, 0) is 76.2 Å². The van der Waals surface area contributed by atoms with Crippen molar-refractivity contribution < 1.29 is 0 Å². The second-order valence-electron chi connectivity index (χ2n) is 8.92. The monoisotopic (exact) mass is 279 g/mol. The van der Waals surface area contributed by atoms with Gasteiger partial charge in [-0.25, -0.2) is 0 Å². The first-order chi connectivity index (χ1) is 9.37. The van der Waals surface area contributed by atoms with Crippen molar-refractivity contribution in [2.45, 2.75) is 85.1 Å². The van der Waals surface area contributed by atoms with Gasteiger partial charge < -0.3 is 5.32 Å². The van der Waals surface area contributed by atoms with Gasteiger partial charge in [0.05, 0.1) is 0 Å². The quantitative estimate of drug-likeness (QED) is 0.741. The molecule has 2 aliphatic rings. The lowest BCUT2D eigenvalue weighted by Crippen LogP contribution is -2.43. The Bertz CT molecular complexity index is 283. The summed E-state index contributed by atoms with van der Waals surface area (Å²) >= 11 is 0. The van der Waals surface area contributed by atoms with Crippen LogP contribution < -0.4 is 5.32 Å². The van der Waals surface area contributed by atoms with Crippen molar-refractivity contribution in [2.75, 3.05) is 6.54 Å². The lowest BCUT2D eigenvalue weighted by molar-refractivity contribution is 0.0945. The molecule has 2 saturated carbocycles. The van der Waals surface area contributed by atoms with E-state index >= 15 is 0 Å². The van der Waals surface area contributed by atoms with Crippen molar-refractivity contribution in [3.8, 4) is 0 Å². The van der Waals surface area contributed by atoms with Gasteiger partial charge in [0.15, 0.2) is 0 Å². The van der Waals surface area contributed by atoms with Crippen LogP contribution in [0.5, 0.6) is 0 Å². The van der Waals surface area contributed by atoms with Gasteiger partial charge in [-0.3, -0.25) is 0 Å². The van der Waals surface area contributed by atoms with Crippen molar-refractivity contribution in [1.82, 2.24) is 5.32 Å². The van der Waals surface area contributed by atoms with E-state index in [4.69, 9.17) is 0 Å². The number of nitrogens with one attached hydrogen (secondary N) is 1. The maximum Gasteiger partial charge on any atom is 0.00966 e. The van der Waals surface area contributed by atoms with Gasteiger partial charge in [0.25, 0.3) is 0 Å². The summed E-state index contributed by atoms with van der Waals surface area (Å²) in [5.74, 6) is 4.87. The second kappa shape index (κ2) is 6.81. The van der Waals surface area contributed by atoms with Crippen LogP contribution >= 0.6 is 0 Å². The van der Waals surface area contributed by atoms with Crippen LogP contribution in [0.15, 0.2) is 0 Å². The lowest BCUT2D eigenvalue weighted by atomic mass is 9.65. The molecule has 0 aromatic heterocycles. The highest BCUT2D eigenvalue weighted by molar-refractivity contribution is 4.89. The Kier molecular flexibility index (Phi) is 5.56. The zero-order valence-corrected chi connectivity index (χ0v) is 14.5. The fourth-order valence-electron chi connectivity index (χ4n) is 4.56. The van der Waals surface area contributed by atoms with Gasteiger partial charge >= 0.3 is 0 Å². The Morgan fingerprint density at radius 1 is 1.00 bits per heavy atom. The molecule has 0 bridgehead atoms. The first kappa shape index (κ1) is 16.3. The molecule has 20 heavy (non-hydrogen) atoms. The molecule has 118 valence electrons. The first-order valence-corrected chi connectivity index (χ1v) is 9.12. The Morgan fingerprint density at radius 3 is 2.20 bits per heavy atom. The van der Waals surface area contributed by atoms with E-state index in [0.29, 0.717) is 0 Å². The molecule has 1 heteroatoms. The second-order valence-corrected chi connectivity index (χ2v) is 8.92. The summed E-state index contributed by atoms with van der Waals surface area (Å²) in [5.41, 5.74) is 0.273. The lowest BCUT2D eigenvalue weighted by Gasteiger charge is -2.42. The first-order valence-electron chi connectivity index (χ1n) is 9.12. The van der Waals surface area contributed by atoms with Gasteiger partial charge in [0, 0.05) is 5.54 Å². The molecule has 3 unspecified atom stereocenters. The minimum Gasteiger partial charge on any atom is -0.312 e. The van der Waals surface area contributed by atoms with E-state index < -0.39 is 0 Å². The van der Waals surface area contributed by atoms with Gasteiger partial charge in [0.1, 0.15) is 0 Å². The molecule has 0 saturated heterocycles. The molecule has 1 N–H and O–H groups in total. The molecular formula is C19H37N. The SMILES string of the molecule is CC(C)C1CCC(CNC(C)(C)C)C(C2CCCC2)C1. The molecule has 1 nitrogen and oxygen atoms in total. The molecular weight excluding hydrogens is 242 g/mol. The summed E-state index contributed by atoms with van der Waals surface area (Å²) in [7, 11) is 0. The largest absolute Gasteiger partial charge is 0.312 e. The molecule has 0 amide bonds. The van der Waals surface area contributed by atoms with E-state index in [9.17, 15) is 0 Å². The zero-order chi connectivity index (χ0) is 14.8. The minimum absolute atomic E-state index is 0.273. The van der Waals surface area contributed by atoms with Crippen LogP contribution in [-0.4, -0.2) is 12.1 Å². The van der Waals surface area contributed by atoms with Crippen LogP contribution in [0.2, 0.25) is 0 Å². The number of hydrogen-bond acceptors (Lipinski definition) is 1. The van der Waals surface area contributed by atoms with Crippen LogP contribution in [0, 0.1) is 29.6 Å². The molecule has 0 aliphatic heterocycles. The summed E-state index contributed by atoms with van der Waals surface area (Å²) in [6, 6.07) is 0. The number of rotatable bonds is 4. The molecule has 2 aliphatic carbocycles. The van der Waals surface area contributed by atoms with E-state index in [-0.39, 0.29) is 5.54 Å². The Balaban J connectivity index is 1.97. The predicted molar refractivity (Wildman–Crippen MR) is 88.9 cm³/mol. The van der Waals surface area contributed by atoms with Crippen LogP contribution in [0.4, 0.5) is 0 Å². The van der Waals surface area contributed by atoms with E-state index in [1.165, 1.54) is 51.5 Å². The van der Waals surface area contributed by atoms with E-state index in [1.807, 2.05) is 0 Å². The Labute approximate surface area is 127 Å². The predicted octanol–water partition coefficient (Wildman–Crippen LogP) is 5.25. The van der Waals surface area contributed by atoms with Crippen molar-refractivity contribution in [1.29, 1.82) is 0 Å². The molecule has 2 rings (SSSR count). The third kappa shape index (κ3) is 4.48. The molecule has 0 radical (unpaired) electrons. The molecule has 2 fully saturated rings. The van der Waals surface area contributed by atoms with Crippen LogP contribution in [0.1, 0.15) is 79.6 Å². The highest BCUT2D eigenvalue weighted by atomic mass is 14.9. The fraction of sp³-hybridized carbons (Fsp3) is 1.00. The third-order valence-corrected chi connectivity index (χ3v) is 5.93. The summed E-state index contributed by atoms with van der Waals surface area (Å²) in [6.45, 7) is 13.0. The maximum atomic E-state index is 3.79. The average molecular weight is 280 g/mol. The van der Waals surface area contributed by atoms with E-state index in [2.05, 4.69) is 39.9 Å². The smallest absolute Gasteiger partial charge is 0.00966 e. The summed E-state index contributed by atoms with van der Waals surface area (Å²) in [6.07, 6.45) is 10.5. The van der Waals surface area contributed by atoms with E-state index in [0.717, 1.165) is 29.6 Å². The van der Waals surface area contributed by atoms with E-state index in [1.54, 1.807) is 0 Å². The molecule has 0 spiro atoms. The van der Waals surface area contributed by atoms with Gasteiger partial charge in [-0.15, -0.1) is 0 Å². The topological polar surface area (TPSA) is 12.0 Å². The summed E-state index contributed by atoms with van der Waals surface area (Å²) < 4.78 is 0. The molecule has 0 heterocycles. The maximum absolute atomic E-state index is 3.79. The minimum atomic E-state index is 0.273. The van der Waals surface area contributed by atoms with Crippen molar-refractivity contribution >= 4 is 0 Å². The number of hydrogen-bond donors (Lipinski definition) is 1. The van der Waals surface area contributed by atoms with Crippen LogP contribution in [0.25, 0.3) is 0 Å². The molecule has 0 aromatic rings. The van der Waals surface area contributed by atoms with Crippen molar-refractivity contribution in [2.24, 2.45) is 29.6 Å².